The van der Waals surface area contributed by atoms with Gasteiger partial charge in [-0.05, 0) is 37.1 Å². The van der Waals surface area contributed by atoms with Gasteiger partial charge in [-0.15, -0.1) is 11.3 Å². The fourth-order valence-corrected chi connectivity index (χ4v) is 4.29. The van der Waals surface area contributed by atoms with Crippen molar-refractivity contribution in [2.75, 3.05) is 23.7 Å². The van der Waals surface area contributed by atoms with Gasteiger partial charge in [0.2, 0.25) is 5.91 Å². The van der Waals surface area contributed by atoms with E-state index in [0.29, 0.717) is 28.9 Å². The van der Waals surface area contributed by atoms with Crippen molar-refractivity contribution in [1.29, 1.82) is 0 Å². The van der Waals surface area contributed by atoms with E-state index in [1.54, 1.807) is 16.3 Å². The number of para-hydroxylation sites is 2. The van der Waals surface area contributed by atoms with Crippen molar-refractivity contribution in [3.05, 3.63) is 70.7 Å². The van der Waals surface area contributed by atoms with E-state index in [-0.39, 0.29) is 17.7 Å². The molecule has 1 atom stereocenters. The first-order valence-electron chi connectivity index (χ1n) is 9.72. The number of nitrogens with zero attached hydrogens (tertiary/aromatic N) is 2. The average Bonchev–Trinajstić information content (AvgIpc) is 3.24. The van der Waals surface area contributed by atoms with Gasteiger partial charge >= 0.3 is 0 Å². The molecule has 1 unspecified atom stereocenters. The number of hydrogen-bond donors (Lipinski definition) is 2. The number of piperidine rings is 1. The van der Waals surface area contributed by atoms with E-state index < -0.39 is 0 Å². The smallest absolute Gasteiger partial charge is 0.273 e. The molecule has 1 aliphatic rings. The largest absolute Gasteiger partial charge is 0.336 e. The van der Waals surface area contributed by atoms with E-state index in [1.807, 2.05) is 48.5 Å². The van der Waals surface area contributed by atoms with Crippen LogP contribution in [0.25, 0.3) is 0 Å². The Balaban J connectivity index is 1.39. The summed E-state index contributed by atoms with van der Waals surface area (Å²) in [4.78, 5) is 31.7. The van der Waals surface area contributed by atoms with Crippen molar-refractivity contribution in [3.8, 4) is 0 Å². The lowest BCUT2D eigenvalue weighted by Crippen LogP contribution is -2.43. The van der Waals surface area contributed by atoms with Gasteiger partial charge in [-0.3, -0.25) is 9.59 Å². The topological polar surface area (TPSA) is 74.3 Å². The summed E-state index contributed by atoms with van der Waals surface area (Å²) in [5.74, 6) is -0.448. The molecule has 0 spiro atoms. The lowest BCUT2D eigenvalue weighted by molar-refractivity contribution is -0.121. The highest BCUT2D eigenvalue weighted by Crippen LogP contribution is 2.28. The molecular formula is C22H21ClN4O2S. The molecule has 1 aliphatic heterocycles. The van der Waals surface area contributed by atoms with Crippen molar-refractivity contribution in [2.24, 2.45) is 5.92 Å². The molecule has 8 heteroatoms. The maximum Gasteiger partial charge on any atom is 0.273 e. The van der Waals surface area contributed by atoms with Crippen molar-refractivity contribution in [3.63, 3.8) is 0 Å². The van der Waals surface area contributed by atoms with E-state index in [2.05, 4.69) is 15.6 Å². The van der Waals surface area contributed by atoms with Crippen LogP contribution in [-0.2, 0) is 4.79 Å². The third-order valence-electron chi connectivity index (χ3n) is 4.96. The van der Waals surface area contributed by atoms with Crippen LogP contribution in [0.4, 0.5) is 16.5 Å². The molecule has 0 radical (unpaired) electrons. The van der Waals surface area contributed by atoms with Crippen molar-refractivity contribution >= 4 is 51.3 Å². The standard InChI is InChI=1S/C22H21ClN4O2S/c23-17-10-4-5-11-18(17)25-22-26-19(14-30-22)21(29)27-12-6-7-15(13-27)20(28)24-16-8-2-1-3-9-16/h1-5,8-11,14-15H,6-7,12-13H2,(H,24,28)(H,25,26). The second-order valence-corrected chi connectivity index (χ2v) is 8.35. The van der Waals surface area contributed by atoms with Gasteiger partial charge in [-0.25, -0.2) is 4.98 Å². The SMILES string of the molecule is O=C(Nc1ccccc1)C1CCCN(C(=O)c2csc(Nc3ccccc3Cl)n2)C1. The summed E-state index contributed by atoms with van der Waals surface area (Å²) >= 11 is 7.52. The Morgan fingerprint density at radius 2 is 1.87 bits per heavy atom. The number of anilines is 3. The van der Waals surface area contributed by atoms with Crippen LogP contribution in [0, 0.1) is 5.92 Å². The van der Waals surface area contributed by atoms with Crippen LogP contribution >= 0.6 is 22.9 Å². The summed E-state index contributed by atoms with van der Waals surface area (Å²) < 4.78 is 0. The third kappa shape index (κ3) is 4.80. The highest BCUT2D eigenvalue weighted by atomic mass is 35.5. The van der Waals surface area contributed by atoms with E-state index >= 15 is 0 Å². The number of halogens is 1. The molecule has 1 fully saturated rings. The molecule has 2 amide bonds. The van der Waals surface area contributed by atoms with Gasteiger partial charge in [0.05, 0.1) is 16.6 Å². The summed E-state index contributed by atoms with van der Waals surface area (Å²) in [7, 11) is 0. The number of rotatable bonds is 5. The first-order valence-corrected chi connectivity index (χ1v) is 11.0. The summed E-state index contributed by atoms with van der Waals surface area (Å²) in [6, 6.07) is 16.7. The molecule has 30 heavy (non-hydrogen) atoms. The second kappa shape index (κ2) is 9.28. The summed E-state index contributed by atoms with van der Waals surface area (Å²) in [6.45, 7) is 1.01. The molecule has 2 N–H and O–H groups in total. The zero-order valence-corrected chi connectivity index (χ0v) is 17.7. The van der Waals surface area contributed by atoms with E-state index in [4.69, 9.17) is 11.6 Å². The fraction of sp³-hybridized carbons (Fsp3) is 0.227. The van der Waals surface area contributed by atoms with Crippen molar-refractivity contribution in [2.45, 2.75) is 12.8 Å². The molecular weight excluding hydrogens is 420 g/mol. The first kappa shape index (κ1) is 20.4. The number of benzene rings is 2. The Bertz CT molecular complexity index is 1040. The van der Waals surface area contributed by atoms with Gasteiger partial charge in [0.1, 0.15) is 5.69 Å². The molecule has 2 aromatic carbocycles. The fourth-order valence-electron chi connectivity index (χ4n) is 3.41. The third-order valence-corrected chi connectivity index (χ3v) is 6.05. The van der Waals surface area contributed by atoms with E-state index in [1.165, 1.54) is 11.3 Å². The summed E-state index contributed by atoms with van der Waals surface area (Å²) in [6.07, 6.45) is 1.55. The molecule has 3 aromatic rings. The molecule has 2 heterocycles. The maximum atomic E-state index is 12.9. The number of carbonyl (C=O) groups is 2. The van der Waals surface area contributed by atoms with E-state index in [9.17, 15) is 9.59 Å². The Kier molecular flexibility index (Phi) is 6.30. The molecule has 0 bridgehead atoms. The Morgan fingerprint density at radius 1 is 1.10 bits per heavy atom. The monoisotopic (exact) mass is 440 g/mol. The number of carbonyl (C=O) groups excluding carboxylic acids is 2. The lowest BCUT2D eigenvalue weighted by atomic mass is 9.96. The highest BCUT2D eigenvalue weighted by Gasteiger charge is 2.30. The molecule has 6 nitrogen and oxygen atoms in total. The Labute approximate surface area is 183 Å². The zero-order valence-electron chi connectivity index (χ0n) is 16.2. The van der Waals surface area contributed by atoms with Gasteiger partial charge in [0.15, 0.2) is 5.13 Å². The minimum Gasteiger partial charge on any atom is -0.336 e. The molecule has 0 saturated carbocycles. The molecule has 1 saturated heterocycles. The van der Waals surface area contributed by atoms with Crippen LogP contribution < -0.4 is 10.6 Å². The van der Waals surface area contributed by atoms with Gasteiger partial charge < -0.3 is 15.5 Å². The average molecular weight is 441 g/mol. The number of amides is 2. The maximum absolute atomic E-state index is 12.9. The van der Waals surface area contributed by atoms with Crippen LogP contribution in [-0.4, -0.2) is 34.8 Å². The number of thiazole rings is 1. The summed E-state index contributed by atoms with van der Waals surface area (Å²) in [5, 5.41) is 9.00. The van der Waals surface area contributed by atoms with Crippen LogP contribution in [0.3, 0.4) is 0 Å². The summed E-state index contributed by atoms with van der Waals surface area (Å²) in [5.41, 5.74) is 1.88. The quantitative estimate of drug-likeness (QED) is 0.583. The van der Waals surface area contributed by atoms with Crippen LogP contribution in [0.2, 0.25) is 5.02 Å². The van der Waals surface area contributed by atoms with Crippen molar-refractivity contribution < 1.29 is 9.59 Å². The minimum absolute atomic E-state index is 0.0574. The van der Waals surface area contributed by atoms with Gasteiger partial charge in [0.25, 0.3) is 5.91 Å². The van der Waals surface area contributed by atoms with Crippen molar-refractivity contribution in [1.82, 2.24) is 9.88 Å². The molecule has 4 rings (SSSR count). The predicted molar refractivity (Wildman–Crippen MR) is 121 cm³/mol. The van der Waals surface area contributed by atoms with E-state index in [0.717, 1.165) is 24.2 Å². The number of aromatic nitrogens is 1. The second-order valence-electron chi connectivity index (χ2n) is 7.09. The number of likely N-dealkylation sites (tertiary alicyclic amines) is 1. The minimum atomic E-state index is -0.234. The number of hydrogen-bond acceptors (Lipinski definition) is 5. The van der Waals surface area contributed by atoms with Gasteiger partial charge in [0, 0.05) is 24.2 Å². The van der Waals surface area contributed by atoms with Gasteiger partial charge in [-0.2, -0.15) is 0 Å². The van der Waals surface area contributed by atoms with Crippen LogP contribution in [0.5, 0.6) is 0 Å². The Morgan fingerprint density at radius 3 is 2.67 bits per heavy atom. The molecule has 154 valence electrons. The van der Waals surface area contributed by atoms with Crippen LogP contribution in [0.1, 0.15) is 23.3 Å². The van der Waals surface area contributed by atoms with Gasteiger partial charge in [-0.1, -0.05) is 41.9 Å². The molecule has 0 aliphatic carbocycles. The molecule has 1 aromatic heterocycles. The zero-order chi connectivity index (χ0) is 20.9. The predicted octanol–water partition coefficient (Wildman–Crippen LogP) is 5.03. The Hall–Kier alpha value is -2.90. The highest BCUT2D eigenvalue weighted by molar-refractivity contribution is 7.14. The normalized spacial score (nSPS) is 16.2. The number of nitrogens with one attached hydrogen (secondary N) is 2. The lowest BCUT2D eigenvalue weighted by Gasteiger charge is -2.31. The van der Waals surface area contributed by atoms with Crippen LogP contribution in [0.15, 0.2) is 60.0 Å². The first-order chi connectivity index (χ1) is 14.6.